The number of carbonyl (C=O) groups is 2. The molecule has 0 radical (unpaired) electrons. The number of likely N-dealkylation sites (tertiary alicyclic amines) is 2. The van der Waals surface area contributed by atoms with Gasteiger partial charge in [-0.3, -0.25) is 9.69 Å². The molecule has 2 atom stereocenters. The maximum atomic E-state index is 12.9. The van der Waals surface area contributed by atoms with E-state index in [9.17, 15) is 9.59 Å². The van der Waals surface area contributed by atoms with Gasteiger partial charge < -0.3 is 9.64 Å². The normalized spacial score (nSPS) is 25.0. The topological polar surface area (TPSA) is 49.9 Å². The number of hydrogen-bond donors (Lipinski definition) is 0. The van der Waals surface area contributed by atoms with Gasteiger partial charge in [-0.05, 0) is 57.0 Å². The van der Waals surface area contributed by atoms with E-state index in [1.165, 1.54) is 4.88 Å². The van der Waals surface area contributed by atoms with E-state index in [-0.39, 0.29) is 11.9 Å². The third-order valence-corrected chi connectivity index (χ3v) is 5.93. The van der Waals surface area contributed by atoms with Crippen molar-refractivity contribution in [2.75, 3.05) is 26.2 Å². The van der Waals surface area contributed by atoms with Crippen LogP contribution >= 0.6 is 11.3 Å². The summed E-state index contributed by atoms with van der Waals surface area (Å²) in [4.78, 5) is 30.4. The Bertz CT molecular complexity index is 561. The minimum Gasteiger partial charge on any atom is -0.464 e. The van der Waals surface area contributed by atoms with Crippen LogP contribution in [-0.2, 0) is 14.3 Å². The Hall–Kier alpha value is -1.40. The Balaban J connectivity index is 1.65. The van der Waals surface area contributed by atoms with Gasteiger partial charge in [-0.25, -0.2) is 4.79 Å². The van der Waals surface area contributed by atoms with Crippen molar-refractivity contribution in [2.45, 2.75) is 51.1 Å². The van der Waals surface area contributed by atoms with Crippen molar-refractivity contribution >= 4 is 23.2 Å². The fourth-order valence-electron chi connectivity index (χ4n) is 3.80. The van der Waals surface area contributed by atoms with E-state index in [1.54, 1.807) is 16.2 Å². The second-order valence-electron chi connectivity index (χ2n) is 6.49. The third-order valence-electron chi connectivity index (χ3n) is 4.96. The molecular formula is C18H26N2O3S. The fraction of sp³-hybridized carbons (Fsp3) is 0.667. The van der Waals surface area contributed by atoms with E-state index in [0.717, 1.165) is 38.6 Å². The lowest BCUT2D eigenvalue weighted by atomic mass is 10.0. The summed E-state index contributed by atoms with van der Waals surface area (Å²) in [7, 11) is 0. The summed E-state index contributed by atoms with van der Waals surface area (Å²) in [6, 6.07) is 4.17. The second-order valence-corrected chi connectivity index (χ2v) is 7.47. The quantitative estimate of drug-likeness (QED) is 0.766. The molecule has 0 N–H and O–H groups in total. The van der Waals surface area contributed by atoms with E-state index in [4.69, 9.17) is 4.74 Å². The van der Waals surface area contributed by atoms with Gasteiger partial charge in [0.1, 0.15) is 6.04 Å². The predicted octanol–water partition coefficient (Wildman–Crippen LogP) is 2.83. The Kier molecular flexibility index (Phi) is 5.89. The van der Waals surface area contributed by atoms with Gasteiger partial charge in [0.2, 0.25) is 5.91 Å². The molecule has 0 aromatic carbocycles. The Morgan fingerprint density at radius 2 is 2.12 bits per heavy atom. The van der Waals surface area contributed by atoms with E-state index in [0.29, 0.717) is 25.7 Å². The Morgan fingerprint density at radius 1 is 1.25 bits per heavy atom. The molecule has 0 unspecified atom stereocenters. The average molecular weight is 350 g/mol. The van der Waals surface area contributed by atoms with Crippen LogP contribution in [0.4, 0.5) is 0 Å². The molecule has 3 rings (SSSR count). The van der Waals surface area contributed by atoms with Crippen molar-refractivity contribution in [2.24, 2.45) is 0 Å². The first kappa shape index (κ1) is 17.4. The van der Waals surface area contributed by atoms with Gasteiger partial charge in [0.25, 0.3) is 0 Å². The van der Waals surface area contributed by atoms with Crippen LogP contribution in [0.25, 0.3) is 0 Å². The van der Waals surface area contributed by atoms with Crippen LogP contribution in [0.1, 0.15) is 49.9 Å². The molecule has 0 aliphatic carbocycles. The molecule has 132 valence electrons. The molecule has 24 heavy (non-hydrogen) atoms. The zero-order valence-electron chi connectivity index (χ0n) is 14.3. The summed E-state index contributed by atoms with van der Waals surface area (Å²) in [6.07, 6.45) is 4.90. The van der Waals surface area contributed by atoms with Crippen LogP contribution in [0.15, 0.2) is 17.5 Å². The highest BCUT2D eigenvalue weighted by Gasteiger charge is 2.35. The summed E-state index contributed by atoms with van der Waals surface area (Å²) in [5.41, 5.74) is 0. The number of amides is 1. The van der Waals surface area contributed by atoms with Gasteiger partial charge in [-0.2, -0.15) is 0 Å². The van der Waals surface area contributed by atoms with Crippen LogP contribution in [0.5, 0.6) is 0 Å². The molecule has 0 bridgehead atoms. The van der Waals surface area contributed by atoms with Gasteiger partial charge in [-0.1, -0.05) is 6.07 Å². The largest absolute Gasteiger partial charge is 0.464 e. The summed E-state index contributed by atoms with van der Waals surface area (Å²) >= 11 is 1.76. The van der Waals surface area contributed by atoms with Crippen LogP contribution in [-0.4, -0.2) is 54.0 Å². The molecule has 1 amide bonds. The number of rotatable bonds is 5. The first-order valence-electron chi connectivity index (χ1n) is 8.94. The van der Waals surface area contributed by atoms with Crippen molar-refractivity contribution < 1.29 is 14.3 Å². The predicted molar refractivity (Wildman–Crippen MR) is 93.9 cm³/mol. The lowest BCUT2D eigenvalue weighted by molar-refractivity contribution is -0.157. The smallest absolute Gasteiger partial charge is 0.328 e. The second kappa shape index (κ2) is 8.12. The molecule has 6 heteroatoms. The molecule has 0 spiro atoms. The van der Waals surface area contributed by atoms with Gasteiger partial charge in [-0.15, -0.1) is 11.3 Å². The van der Waals surface area contributed by atoms with Gasteiger partial charge in [0.15, 0.2) is 0 Å². The van der Waals surface area contributed by atoms with E-state index < -0.39 is 6.04 Å². The van der Waals surface area contributed by atoms with Crippen LogP contribution in [0, 0.1) is 0 Å². The third kappa shape index (κ3) is 3.81. The number of ether oxygens (including phenoxy) is 1. The number of carbonyl (C=O) groups excluding carboxylic acids is 2. The standard InChI is InChI=1S/C18H26N2O3S/c1-2-23-18(22)15-7-3-4-11-20(15)17(21)13-19-10-5-8-14(19)16-9-6-12-24-16/h6,9,12,14-15H,2-5,7-8,10-11,13H2,1H3/t14-,15-/m0/s1. The average Bonchev–Trinajstić information content (AvgIpc) is 3.26. The molecule has 3 heterocycles. The zero-order chi connectivity index (χ0) is 16.9. The molecule has 5 nitrogen and oxygen atoms in total. The Morgan fingerprint density at radius 3 is 2.88 bits per heavy atom. The number of thiophene rings is 1. The summed E-state index contributed by atoms with van der Waals surface area (Å²) in [6.45, 7) is 4.19. The highest BCUT2D eigenvalue weighted by Crippen LogP contribution is 2.34. The van der Waals surface area contributed by atoms with Crippen molar-refractivity contribution in [1.29, 1.82) is 0 Å². The minimum atomic E-state index is -0.394. The van der Waals surface area contributed by atoms with Crippen molar-refractivity contribution in [3.8, 4) is 0 Å². The Labute approximate surface area is 147 Å². The fourth-order valence-corrected chi connectivity index (χ4v) is 4.69. The molecule has 2 fully saturated rings. The zero-order valence-corrected chi connectivity index (χ0v) is 15.1. The first-order chi connectivity index (χ1) is 11.7. The van der Waals surface area contributed by atoms with Gasteiger partial charge in [0.05, 0.1) is 13.2 Å². The lowest BCUT2D eigenvalue weighted by Gasteiger charge is -2.35. The summed E-state index contributed by atoms with van der Waals surface area (Å²) in [5, 5.41) is 2.09. The van der Waals surface area contributed by atoms with Crippen LogP contribution < -0.4 is 0 Å². The molecule has 2 saturated heterocycles. The van der Waals surface area contributed by atoms with Gasteiger partial charge in [0, 0.05) is 17.5 Å². The lowest BCUT2D eigenvalue weighted by Crippen LogP contribution is -2.51. The number of hydrogen-bond acceptors (Lipinski definition) is 5. The van der Waals surface area contributed by atoms with Gasteiger partial charge >= 0.3 is 5.97 Å². The number of nitrogens with zero attached hydrogens (tertiary/aromatic N) is 2. The molecule has 2 aliphatic heterocycles. The van der Waals surface area contributed by atoms with E-state index in [2.05, 4.69) is 22.4 Å². The van der Waals surface area contributed by atoms with Crippen molar-refractivity contribution in [3.05, 3.63) is 22.4 Å². The van der Waals surface area contributed by atoms with Crippen molar-refractivity contribution in [3.63, 3.8) is 0 Å². The number of piperidine rings is 1. The molecule has 1 aromatic rings. The minimum absolute atomic E-state index is 0.0659. The molecule has 1 aromatic heterocycles. The van der Waals surface area contributed by atoms with E-state index in [1.807, 2.05) is 6.92 Å². The SMILES string of the molecule is CCOC(=O)[C@@H]1CCCCN1C(=O)CN1CCC[C@H]1c1cccs1. The molecule has 2 aliphatic rings. The monoisotopic (exact) mass is 350 g/mol. The van der Waals surface area contributed by atoms with Crippen molar-refractivity contribution in [1.82, 2.24) is 9.80 Å². The number of esters is 1. The molecular weight excluding hydrogens is 324 g/mol. The summed E-state index contributed by atoms with van der Waals surface area (Å²) in [5.74, 6) is -0.182. The maximum Gasteiger partial charge on any atom is 0.328 e. The highest BCUT2D eigenvalue weighted by molar-refractivity contribution is 7.10. The van der Waals surface area contributed by atoms with E-state index >= 15 is 0 Å². The maximum absolute atomic E-state index is 12.9. The molecule has 0 saturated carbocycles. The highest BCUT2D eigenvalue weighted by atomic mass is 32.1. The van der Waals surface area contributed by atoms with Crippen LogP contribution in [0.3, 0.4) is 0 Å². The first-order valence-corrected chi connectivity index (χ1v) is 9.82. The van der Waals surface area contributed by atoms with Crippen LogP contribution in [0.2, 0.25) is 0 Å². The summed E-state index contributed by atoms with van der Waals surface area (Å²) < 4.78 is 5.17.